The van der Waals surface area contributed by atoms with Gasteiger partial charge in [0.2, 0.25) is 5.91 Å². The number of amides is 1. The van der Waals surface area contributed by atoms with Gasteiger partial charge >= 0.3 is 0 Å². The lowest BCUT2D eigenvalue weighted by Crippen LogP contribution is -2.44. The number of carbonyl (C=O) groups is 1. The van der Waals surface area contributed by atoms with Crippen molar-refractivity contribution in [1.82, 2.24) is 9.80 Å². The Morgan fingerprint density at radius 3 is 2.33 bits per heavy atom. The zero-order valence-corrected chi connectivity index (χ0v) is 10.5. The summed E-state index contributed by atoms with van der Waals surface area (Å²) >= 11 is 0. The fourth-order valence-electron chi connectivity index (χ4n) is 2.27. The number of nitrogens with zero attached hydrogens (tertiary/aromatic N) is 2. The smallest absolute Gasteiger partial charge is 0.225 e. The van der Waals surface area contributed by atoms with Crippen molar-refractivity contribution in [3.63, 3.8) is 0 Å². The fraction of sp³-hybridized carbons (Fsp3) is 0.917. The van der Waals surface area contributed by atoms with Crippen LogP contribution < -0.4 is 0 Å². The number of hydrogen-bond donors (Lipinski definition) is 0. The van der Waals surface area contributed by atoms with E-state index in [4.69, 9.17) is 0 Å². The summed E-state index contributed by atoms with van der Waals surface area (Å²) in [5.41, 5.74) is 0. The van der Waals surface area contributed by atoms with Crippen LogP contribution in [0.5, 0.6) is 0 Å². The summed E-state index contributed by atoms with van der Waals surface area (Å²) < 4.78 is 0. The SMILES string of the molecule is CCN(C(=O)C1CCN(C)CC1)C(C)C. The standard InChI is InChI=1S/C12H24N2O/c1-5-14(10(2)3)12(15)11-6-8-13(4)9-7-11/h10-11H,5-9H2,1-4H3. The Hall–Kier alpha value is -0.570. The molecule has 3 nitrogen and oxygen atoms in total. The molecule has 0 spiro atoms. The Labute approximate surface area is 93.4 Å². The molecule has 1 rings (SSSR count). The van der Waals surface area contributed by atoms with Crippen LogP contribution in [0.3, 0.4) is 0 Å². The second kappa shape index (κ2) is 5.50. The molecule has 0 bridgehead atoms. The average Bonchev–Trinajstić information content (AvgIpc) is 2.19. The molecule has 0 aromatic carbocycles. The zero-order chi connectivity index (χ0) is 11.4. The van der Waals surface area contributed by atoms with Crippen molar-refractivity contribution in [2.24, 2.45) is 5.92 Å². The van der Waals surface area contributed by atoms with Crippen LogP contribution in [-0.4, -0.2) is 48.4 Å². The Morgan fingerprint density at radius 2 is 1.93 bits per heavy atom. The fourth-order valence-corrected chi connectivity index (χ4v) is 2.27. The highest BCUT2D eigenvalue weighted by atomic mass is 16.2. The van der Waals surface area contributed by atoms with Crippen LogP contribution in [0.15, 0.2) is 0 Å². The van der Waals surface area contributed by atoms with Gasteiger partial charge in [0.1, 0.15) is 0 Å². The molecule has 3 heteroatoms. The minimum atomic E-state index is 0.267. The summed E-state index contributed by atoms with van der Waals surface area (Å²) in [6, 6.07) is 0.335. The first-order chi connectivity index (χ1) is 7.06. The van der Waals surface area contributed by atoms with Gasteiger partial charge in [0.05, 0.1) is 0 Å². The molecule has 0 atom stereocenters. The van der Waals surface area contributed by atoms with E-state index in [1.54, 1.807) is 0 Å². The maximum Gasteiger partial charge on any atom is 0.225 e. The van der Waals surface area contributed by atoms with Crippen LogP contribution in [-0.2, 0) is 4.79 Å². The maximum absolute atomic E-state index is 12.2. The molecule has 1 fully saturated rings. The lowest BCUT2D eigenvalue weighted by Gasteiger charge is -2.33. The minimum absolute atomic E-state index is 0.267. The highest BCUT2D eigenvalue weighted by Gasteiger charge is 2.27. The molecular weight excluding hydrogens is 188 g/mol. The second-order valence-electron chi connectivity index (χ2n) is 4.80. The summed E-state index contributed by atoms with van der Waals surface area (Å²) in [7, 11) is 2.13. The van der Waals surface area contributed by atoms with Gasteiger partial charge in [0.15, 0.2) is 0 Å². The first-order valence-electron chi connectivity index (χ1n) is 6.05. The number of rotatable bonds is 3. The van der Waals surface area contributed by atoms with Crippen LogP contribution >= 0.6 is 0 Å². The largest absolute Gasteiger partial charge is 0.340 e. The summed E-state index contributed by atoms with van der Waals surface area (Å²) in [6.45, 7) is 9.21. The second-order valence-corrected chi connectivity index (χ2v) is 4.80. The summed E-state index contributed by atoms with van der Waals surface area (Å²) in [5, 5.41) is 0. The molecule has 1 amide bonds. The van der Waals surface area contributed by atoms with Crippen LogP contribution in [0.4, 0.5) is 0 Å². The van der Waals surface area contributed by atoms with Gasteiger partial charge in [-0.1, -0.05) is 0 Å². The van der Waals surface area contributed by atoms with Gasteiger partial charge in [-0.15, -0.1) is 0 Å². The van der Waals surface area contributed by atoms with E-state index in [0.29, 0.717) is 11.9 Å². The molecule has 0 saturated carbocycles. The van der Waals surface area contributed by atoms with Crippen molar-refractivity contribution >= 4 is 5.91 Å². The molecule has 0 radical (unpaired) electrons. The molecule has 0 N–H and O–H groups in total. The third-order valence-electron chi connectivity index (χ3n) is 3.31. The molecule has 0 unspecified atom stereocenters. The van der Waals surface area contributed by atoms with E-state index in [1.165, 1.54) is 0 Å². The molecule has 1 saturated heterocycles. The molecule has 88 valence electrons. The van der Waals surface area contributed by atoms with E-state index in [1.807, 2.05) is 4.90 Å². The summed E-state index contributed by atoms with van der Waals surface area (Å²) in [5.74, 6) is 0.629. The van der Waals surface area contributed by atoms with E-state index in [2.05, 4.69) is 32.7 Å². The van der Waals surface area contributed by atoms with E-state index >= 15 is 0 Å². The minimum Gasteiger partial charge on any atom is -0.340 e. The van der Waals surface area contributed by atoms with E-state index in [-0.39, 0.29) is 5.92 Å². The Bertz CT molecular complexity index is 208. The van der Waals surface area contributed by atoms with Crippen LogP contribution in [0.2, 0.25) is 0 Å². The van der Waals surface area contributed by atoms with Crippen molar-refractivity contribution < 1.29 is 4.79 Å². The van der Waals surface area contributed by atoms with Crippen LogP contribution in [0.1, 0.15) is 33.6 Å². The quantitative estimate of drug-likeness (QED) is 0.709. The molecule has 15 heavy (non-hydrogen) atoms. The van der Waals surface area contributed by atoms with Gasteiger partial charge in [0.25, 0.3) is 0 Å². The van der Waals surface area contributed by atoms with Crippen molar-refractivity contribution in [1.29, 1.82) is 0 Å². The molecule has 1 heterocycles. The molecular formula is C12H24N2O. The predicted molar refractivity (Wildman–Crippen MR) is 62.7 cm³/mol. The first-order valence-corrected chi connectivity index (χ1v) is 6.05. The van der Waals surface area contributed by atoms with Gasteiger partial charge in [0, 0.05) is 18.5 Å². The third-order valence-corrected chi connectivity index (χ3v) is 3.31. The normalized spacial score (nSPS) is 19.5. The highest BCUT2D eigenvalue weighted by Crippen LogP contribution is 2.19. The molecule has 0 aliphatic carbocycles. The number of piperidine rings is 1. The molecule has 0 aromatic heterocycles. The first kappa shape index (κ1) is 12.5. The topological polar surface area (TPSA) is 23.6 Å². The molecule has 1 aliphatic rings. The average molecular weight is 212 g/mol. The van der Waals surface area contributed by atoms with Gasteiger partial charge in [-0.3, -0.25) is 4.79 Å². The van der Waals surface area contributed by atoms with E-state index < -0.39 is 0 Å². The zero-order valence-electron chi connectivity index (χ0n) is 10.5. The van der Waals surface area contributed by atoms with E-state index in [0.717, 1.165) is 32.5 Å². The van der Waals surface area contributed by atoms with Crippen molar-refractivity contribution in [2.45, 2.75) is 39.7 Å². The van der Waals surface area contributed by atoms with Gasteiger partial charge in [-0.05, 0) is 53.8 Å². The highest BCUT2D eigenvalue weighted by molar-refractivity contribution is 5.79. The number of carbonyl (C=O) groups excluding carboxylic acids is 1. The summed E-state index contributed by atoms with van der Waals surface area (Å²) in [4.78, 5) is 16.5. The van der Waals surface area contributed by atoms with Crippen molar-refractivity contribution in [3.8, 4) is 0 Å². The summed E-state index contributed by atoms with van der Waals surface area (Å²) in [6.07, 6.45) is 2.05. The molecule has 0 aromatic rings. The molecule has 1 aliphatic heterocycles. The van der Waals surface area contributed by atoms with Crippen molar-refractivity contribution in [2.75, 3.05) is 26.7 Å². The van der Waals surface area contributed by atoms with Crippen LogP contribution in [0, 0.1) is 5.92 Å². The number of hydrogen-bond acceptors (Lipinski definition) is 2. The van der Waals surface area contributed by atoms with Crippen LogP contribution in [0.25, 0.3) is 0 Å². The monoisotopic (exact) mass is 212 g/mol. The van der Waals surface area contributed by atoms with Gasteiger partial charge < -0.3 is 9.80 Å². The predicted octanol–water partition coefficient (Wildman–Crippen LogP) is 1.59. The lowest BCUT2D eigenvalue weighted by atomic mass is 9.95. The Morgan fingerprint density at radius 1 is 1.40 bits per heavy atom. The Kier molecular flexibility index (Phi) is 4.58. The van der Waals surface area contributed by atoms with Crippen molar-refractivity contribution in [3.05, 3.63) is 0 Å². The van der Waals surface area contributed by atoms with Gasteiger partial charge in [-0.2, -0.15) is 0 Å². The number of likely N-dealkylation sites (tertiary alicyclic amines) is 1. The Balaban J connectivity index is 2.52. The maximum atomic E-state index is 12.2. The lowest BCUT2D eigenvalue weighted by molar-refractivity contribution is -0.138. The van der Waals surface area contributed by atoms with Gasteiger partial charge in [-0.25, -0.2) is 0 Å². The van der Waals surface area contributed by atoms with E-state index in [9.17, 15) is 4.79 Å². The third kappa shape index (κ3) is 3.20.